The molecule has 0 aliphatic carbocycles. The number of carbonyl (C=O) groups is 7. The van der Waals surface area contributed by atoms with Crippen molar-refractivity contribution in [1.82, 2.24) is 14.7 Å². The predicted octanol–water partition coefficient (Wildman–Crippen LogP) is 6.28. The van der Waals surface area contributed by atoms with Gasteiger partial charge in [0.05, 0.1) is 31.0 Å². The zero-order valence-electron chi connectivity index (χ0n) is 44.7. The maximum Gasteiger partial charge on any atom is 1.00 e. The molecule has 0 aromatic heterocycles. The third-order valence-electron chi connectivity index (χ3n) is 9.91. The molecule has 3 heterocycles. The minimum atomic E-state index is -1.06. The van der Waals surface area contributed by atoms with Crippen molar-refractivity contribution in [1.29, 1.82) is 0 Å². The molecule has 0 bridgehead atoms. The summed E-state index contributed by atoms with van der Waals surface area (Å²) in [7, 11) is 0. The molecule has 19 nitrogen and oxygen atoms in total. The van der Waals surface area contributed by atoms with Crippen molar-refractivity contribution in [3.63, 3.8) is 0 Å². The van der Waals surface area contributed by atoms with E-state index in [9.17, 15) is 33.6 Å². The number of carboxylic acid groups (broad SMARTS) is 1. The van der Waals surface area contributed by atoms with E-state index in [-0.39, 0.29) is 90.7 Å². The third-order valence-corrected chi connectivity index (χ3v) is 9.91. The van der Waals surface area contributed by atoms with Gasteiger partial charge in [-0.05, 0) is 120 Å². The summed E-state index contributed by atoms with van der Waals surface area (Å²) >= 11 is 0. The van der Waals surface area contributed by atoms with E-state index in [0.717, 1.165) is 19.6 Å². The Kier molecular flexibility index (Phi) is 31.4. The molecule has 3 saturated heterocycles. The average Bonchev–Trinajstić information content (AvgIpc) is 3.86. The van der Waals surface area contributed by atoms with Crippen molar-refractivity contribution >= 4 is 42.4 Å². The molecular weight excluding hydrogens is 922 g/mol. The van der Waals surface area contributed by atoms with E-state index < -0.39 is 52.7 Å². The minimum absolute atomic E-state index is 0. The van der Waals surface area contributed by atoms with Gasteiger partial charge < -0.3 is 53.5 Å². The molecule has 2 amide bonds. The third kappa shape index (κ3) is 28.6. The first-order valence-electron chi connectivity index (χ1n) is 23.1. The van der Waals surface area contributed by atoms with E-state index in [0.29, 0.717) is 38.8 Å². The molecule has 6 atom stereocenters. The number of amides is 2. The SMILES string of the molecule is C.CC(C)(C)OC(=O)OC(=O)OC(C)(C)C.CCOC(=O)[C@@H]1CN(C(=O)OC(C)(C)C)C[C@H]1C.CCOC(=O)[C@@H]1CN(Cc2ccccc2)C[C@H]1C.C[C@@H]1CN(C(=O)OC(C)(C)C)C[C@H]1C(=O)O.[Na+].[OH-]. The fourth-order valence-corrected chi connectivity index (χ4v) is 6.97. The molecule has 2 N–H and O–H groups in total. The Labute approximate surface area is 439 Å². The summed E-state index contributed by atoms with van der Waals surface area (Å²) in [5, 5.41) is 8.94. The average molecular weight is 1010 g/mol. The molecule has 70 heavy (non-hydrogen) atoms. The summed E-state index contributed by atoms with van der Waals surface area (Å²) in [5.74, 6) is -1.33. The fourth-order valence-electron chi connectivity index (χ4n) is 6.97. The van der Waals surface area contributed by atoms with Gasteiger partial charge in [0.15, 0.2) is 0 Å². The Hall–Kier alpha value is -4.17. The van der Waals surface area contributed by atoms with Gasteiger partial charge in [-0.2, -0.15) is 0 Å². The van der Waals surface area contributed by atoms with Crippen LogP contribution < -0.4 is 29.6 Å². The first-order valence-corrected chi connectivity index (χ1v) is 23.1. The number of likely N-dealkylation sites (tertiary alicyclic amines) is 3. The van der Waals surface area contributed by atoms with E-state index in [1.807, 2.05) is 47.6 Å². The van der Waals surface area contributed by atoms with Crippen molar-refractivity contribution < 1.29 is 107 Å². The van der Waals surface area contributed by atoms with Crippen LogP contribution in [0.1, 0.15) is 131 Å². The summed E-state index contributed by atoms with van der Waals surface area (Å²) in [6.07, 6.45) is -2.90. The van der Waals surface area contributed by atoms with Gasteiger partial charge in [0.1, 0.15) is 22.4 Å². The fraction of sp³-hybridized carbons (Fsp3) is 0.740. The molecule has 0 spiro atoms. The smallest absolute Gasteiger partial charge is 0.870 e. The van der Waals surface area contributed by atoms with Gasteiger partial charge in [0.25, 0.3) is 0 Å². The van der Waals surface area contributed by atoms with Crippen LogP contribution in [0.2, 0.25) is 0 Å². The van der Waals surface area contributed by atoms with Crippen molar-refractivity contribution in [3.05, 3.63) is 35.9 Å². The molecule has 398 valence electrons. The van der Waals surface area contributed by atoms with Gasteiger partial charge in [0.2, 0.25) is 0 Å². The second-order valence-corrected chi connectivity index (χ2v) is 21.1. The number of ether oxygens (including phenoxy) is 7. The Bertz CT molecular complexity index is 1750. The summed E-state index contributed by atoms with van der Waals surface area (Å²) < 4.78 is 34.4. The summed E-state index contributed by atoms with van der Waals surface area (Å²) in [4.78, 5) is 85.4. The summed E-state index contributed by atoms with van der Waals surface area (Å²) in [6.45, 7) is 35.6. The monoisotopic (exact) mass is 1010 g/mol. The Morgan fingerprint density at radius 1 is 0.543 bits per heavy atom. The van der Waals surface area contributed by atoms with E-state index in [2.05, 4.69) is 40.8 Å². The second kappa shape index (κ2) is 31.3. The van der Waals surface area contributed by atoms with Crippen LogP contribution in [-0.4, -0.2) is 143 Å². The normalized spacial score (nSPS) is 20.8. The van der Waals surface area contributed by atoms with Crippen LogP contribution in [0.25, 0.3) is 0 Å². The van der Waals surface area contributed by atoms with Gasteiger partial charge in [0, 0.05) is 45.8 Å². The Balaban J connectivity index is -0.000000846. The van der Waals surface area contributed by atoms with Gasteiger partial charge >= 0.3 is 72.0 Å². The molecule has 20 heteroatoms. The Morgan fingerprint density at radius 2 is 0.886 bits per heavy atom. The van der Waals surface area contributed by atoms with Crippen molar-refractivity contribution in [3.8, 4) is 0 Å². The molecular formula is C50H86N3NaO16. The van der Waals surface area contributed by atoms with Crippen LogP contribution >= 0.6 is 0 Å². The predicted molar refractivity (Wildman–Crippen MR) is 258 cm³/mol. The van der Waals surface area contributed by atoms with Crippen molar-refractivity contribution in [2.24, 2.45) is 35.5 Å². The van der Waals surface area contributed by atoms with Crippen LogP contribution in [0.4, 0.5) is 19.2 Å². The number of hydrogen-bond donors (Lipinski definition) is 1. The summed E-state index contributed by atoms with van der Waals surface area (Å²) in [5.41, 5.74) is -1.14. The minimum Gasteiger partial charge on any atom is -0.870 e. The number of esters is 2. The molecule has 1 aromatic rings. The number of aliphatic carboxylic acids is 1. The van der Waals surface area contributed by atoms with Gasteiger partial charge in [-0.25, -0.2) is 19.2 Å². The van der Waals surface area contributed by atoms with Crippen LogP contribution in [0.5, 0.6) is 0 Å². The van der Waals surface area contributed by atoms with E-state index in [4.69, 9.17) is 33.5 Å². The van der Waals surface area contributed by atoms with Gasteiger partial charge in [-0.15, -0.1) is 0 Å². The topological polar surface area (TPSA) is 244 Å². The maximum absolute atomic E-state index is 11.9. The number of rotatable bonds is 7. The zero-order chi connectivity index (χ0) is 51.7. The van der Waals surface area contributed by atoms with Gasteiger partial charge in [-0.3, -0.25) is 19.3 Å². The van der Waals surface area contributed by atoms with Crippen LogP contribution in [0.3, 0.4) is 0 Å². The maximum atomic E-state index is 11.9. The molecule has 4 rings (SSSR count). The van der Waals surface area contributed by atoms with Gasteiger partial charge in [-0.1, -0.05) is 58.5 Å². The molecule has 3 aliphatic heterocycles. The standard InChI is InChI=1S/C15H21NO2.C13H23NO4.C11H19NO4.C10H18O5.CH4.Na.H2O/c1-3-18-15(17)14-11-16(9-12(14)2)10-13-7-5-4-6-8-13;1-6-17-11(15)10-8-14(7-9(10)2)12(16)18-13(3,4)5;1-7-5-12(6-8(7)9(13)14)10(15)16-11(2,3)4;1-9(2,3)14-7(11)13-8(12)15-10(4,5)6;;;/h4-8,12,14H,3,9-11H2,1-2H3;9-10H,6-8H2,1-5H3;7-8H,5-6H2,1-4H3,(H,13,14);1-6H3;1H4;;1H2/q;;;;;+1;/p-1/t12-,14-;9-,10-;7-,8-;;;;/m111..../s1. The van der Waals surface area contributed by atoms with Crippen molar-refractivity contribution in [2.75, 3.05) is 52.5 Å². The largest absolute Gasteiger partial charge is 1.00 e. The quantitative estimate of drug-likeness (QED) is 0.137. The first kappa shape index (κ1) is 70.1. The van der Waals surface area contributed by atoms with Crippen LogP contribution in [0.15, 0.2) is 30.3 Å². The van der Waals surface area contributed by atoms with Crippen LogP contribution in [0, 0.1) is 35.5 Å². The Morgan fingerprint density at radius 3 is 1.23 bits per heavy atom. The molecule has 0 radical (unpaired) electrons. The van der Waals surface area contributed by atoms with Crippen LogP contribution in [-0.2, 0) is 54.1 Å². The zero-order valence-corrected chi connectivity index (χ0v) is 46.7. The number of carboxylic acids is 1. The molecule has 0 saturated carbocycles. The molecule has 0 unspecified atom stereocenters. The number of benzene rings is 1. The molecule has 1 aromatic carbocycles. The number of hydrogen-bond acceptors (Lipinski definition) is 16. The number of nitrogens with zero attached hydrogens (tertiary/aromatic N) is 3. The first-order chi connectivity index (χ1) is 30.6. The summed E-state index contributed by atoms with van der Waals surface area (Å²) in [6, 6.07) is 10.4. The second-order valence-electron chi connectivity index (χ2n) is 21.1. The number of carbonyl (C=O) groups excluding carboxylic acids is 6. The van der Waals surface area contributed by atoms with E-state index in [1.165, 1.54) is 10.5 Å². The van der Waals surface area contributed by atoms with E-state index in [1.54, 1.807) is 74.1 Å². The molecule has 3 aliphatic rings. The van der Waals surface area contributed by atoms with E-state index >= 15 is 0 Å². The van der Waals surface area contributed by atoms with Crippen molar-refractivity contribution in [2.45, 2.75) is 154 Å². The molecule has 3 fully saturated rings.